The number of rotatable bonds is 4. The zero-order valence-electron chi connectivity index (χ0n) is 9.27. The van der Waals surface area contributed by atoms with Crippen LogP contribution in [0.5, 0.6) is 0 Å². The van der Waals surface area contributed by atoms with Crippen LogP contribution in [0.25, 0.3) is 0 Å². The van der Waals surface area contributed by atoms with Gasteiger partial charge in [0.05, 0.1) is 0 Å². The van der Waals surface area contributed by atoms with Crippen molar-refractivity contribution < 1.29 is 4.12 Å². The Balaban J connectivity index is 4.22. The van der Waals surface area contributed by atoms with Gasteiger partial charge in [-0.05, 0) is 39.2 Å². The van der Waals surface area contributed by atoms with Crippen LogP contribution in [0.4, 0.5) is 0 Å². The van der Waals surface area contributed by atoms with Crippen LogP contribution in [-0.4, -0.2) is 22.3 Å². The third kappa shape index (κ3) is 4.40. The Morgan fingerprint density at radius 2 is 1.58 bits per heavy atom. The number of nitrogens with two attached hydrogens (primary N) is 1. The van der Waals surface area contributed by atoms with E-state index in [2.05, 4.69) is 39.7 Å². The van der Waals surface area contributed by atoms with Gasteiger partial charge in [0.2, 0.25) is 0 Å². The van der Waals surface area contributed by atoms with Crippen LogP contribution in [0.1, 0.15) is 13.3 Å². The molecule has 0 rings (SSSR count). The molecule has 0 radical (unpaired) electrons. The highest BCUT2D eigenvalue weighted by molar-refractivity contribution is 6.85. The van der Waals surface area contributed by atoms with Gasteiger partial charge in [-0.1, -0.05) is 6.92 Å². The molecule has 0 amide bonds. The summed E-state index contributed by atoms with van der Waals surface area (Å²) >= 11 is 0. The van der Waals surface area contributed by atoms with Gasteiger partial charge in [0.1, 0.15) is 0 Å². The van der Waals surface area contributed by atoms with Crippen LogP contribution < -0.4 is 5.73 Å². The molecule has 0 aromatic heterocycles. The summed E-state index contributed by atoms with van der Waals surface area (Å²) in [6.07, 6.45) is 1.03. The summed E-state index contributed by atoms with van der Waals surface area (Å²) in [5, 5.41) is 0. The summed E-state index contributed by atoms with van der Waals surface area (Å²) in [4.78, 5) is 0. The lowest BCUT2D eigenvalue weighted by Gasteiger charge is -2.35. The van der Waals surface area contributed by atoms with Crippen molar-refractivity contribution in [3.05, 3.63) is 0 Å². The molecule has 4 heteroatoms. The lowest BCUT2D eigenvalue weighted by Crippen LogP contribution is -2.55. The first-order valence-corrected chi connectivity index (χ1v) is 11.0. The van der Waals surface area contributed by atoms with Gasteiger partial charge < -0.3 is 9.85 Å². The molecule has 0 aromatic rings. The minimum Gasteiger partial charge on any atom is -0.455 e. The lowest BCUT2D eigenvalue weighted by molar-refractivity contribution is 0.521. The predicted molar refractivity (Wildman–Crippen MR) is 60.2 cm³/mol. The number of hydrogen-bond donors (Lipinski definition) is 1. The first kappa shape index (κ1) is 12.4. The van der Waals surface area contributed by atoms with E-state index >= 15 is 0 Å². The smallest absolute Gasteiger partial charge is 0.190 e. The van der Waals surface area contributed by atoms with Gasteiger partial charge in [0, 0.05) is 5.67 Å². The maximum atomic E-state index is 6.13. The standard InChI is InChI=1S/C8H23NOSi2/c1-7-8(9)12(5,6)10-11(2,3)4/h8H,7,9H2,1-6H3. The zero-order valence-corrected chi connectivity index (χ0v) is 11.3. The highest BCUT2D eigenvalue weighted by atomic mass is 28.4. The van der Waals surface area contributed by atoms with E-state index in [1.165, 1.54) is 0 Å². The second-order valence-corrected chi connectivity index (χ2v) is 13.8. The fourth-order valence-electron chi connectivity index (χ4n) is 1.36. The van der Waals surface area contributed by atoms with Crippen LogP contribution in [0, 0.1) is 0 Å². The maximum Gasteiger partial charge on any atom is 0.190 e. The Morgan fingerprint density at radius 3 is 1.83 bits per heavy atom. The zero-order chi connectivity index (χ0) is 9.99. The molecule has 0 bridgehead atoms. The predicted octanol–water partition coefficient (Wildman–Crippen LogP) is 2.32. The largest absolute Gasteiger partial charge is 0.455 e. The average Bonchev–Trinajstić information content (AvgIpc) is 1.80. The quantitative estimate of drug-likeness (QED) is 0.715. The monoisotopic (exact) mass is 205 g/mol. The molecule has 0 fully saturated rings. The Bertz CT molecular complexity index is 142. The molecule has 2 nitrogen and oxygen atoms in total. The summed E-state index contributed by atoms with van der Waals surface area (Å²) in [5.74, 6) is 0. The highest BCUT2D eigenvalue weighted by Gasteiger charge is 2.34. The van der Waals surface area contributed by atoms with Gasteiger partial charge in [-0.15, -0.1) is 0 Å². The Hall–Kier alpha value is 0.354. The molecule has 0 saturated carbocycles. The van der Waals surface area contributed by atoms with Gasteiger partial charge in [-0.25, -0.2) is 0 Å². The Kier molecular flexibility index (Phi) is 4.16. The molecule has 1 unspecified atom stereocenters. The minimum absolute atomic E-state index is 0.282. The van der Waals surface area contributed by atoms with Crippen LogP contribution >= 0.6 is 0 Å². The summed E-state index contributed by atoms with van der Waals surface area (Å²) in [6, 6.07) is 0. The van der Waals surface area contributed by atoms with E-state index in [1.54, 1.807) is 0 Å². The van der Waals surface area contributed by atoms with Gasteiger partial charge in [0.15, 0.2) is 16.6 Å². The Labute approximate surface area is 78.8 Å². The van der Waals surface area contributed by atoms with Crippen LogP contribution in [-0.2, 0) is 4.12 Å². The van der Waals surface area contributed by atoms with Gasteiger partial charge in [-0.3, -0.25) is 0 Å². The van der Waals surface area contributed by atoms with E-state index in [0.717, 1.165) is 6.42 Å². The summed E-state index contributed by atoms with van der Waals surface area (Å²) < 4.78 is 6.13. The Morgan fingerprint density at radius 1 is 1.17 bits per heavy atom. The van der Waals surface area contributed by atoms with E-state index in [4.69, 9.17) is 9.85 Å². The second kappa shape index (κ2) is 4.04. The van der Waals surface area contributed by atoms with Crippen LogP contribution in [0.3, 0.4) is 0 Å². The molecule has 0 aliphatic rings. The molecule has 0 aliphatic heterocycles. The van der Waals surface area contributed by atoms with E-state index < -0.39 is 16.6 Å². The molecule has 2 N–H and O–H groups in total. The molecule has 0 spiro atoms. The molecule has 12 heavy (non-hydrogen) atoms. The van der Waals surface area contributed by atoms with Crippen molar-refractivity contribution in [3.63, 3.8) is 0 Å². The normalized spacial score (nSPS) is 16.2. The van der Waals surface area contributed by atoms with Crippen molar-refractivity contribution in [2.75, 3.05) is 0 Å². The van der Waals surface area contributed by atoms with Crippen molar-refractivity contribution in [2.24, 2.45) is 5.73 Å². The van der Waals surface area contributed by atoms with E-state index in [0.29, 0.717) is 0 Å². The molecule has 0 saturated heterocycles. The van der Waals surface area contributed by atoms with Gasteiger partial charge >= 0.3 is 0 Å². The summed E-state index contributed by atoms with van der Waals surface area (Å²) in [7, 11) is -2.99. The third-order valence-corrected chi connectivity index (χ3v) is 8.65. The van der Waals surface area contributed by atoms with Gasteiger partial charge in [0.25, 0.3) is 0 Å². The molecule has 74 valence electrons. The molecule has 0 aromatic carbocycles. The summed E-state index contributed by atoms with van der Waals surface area (Å²) in [6.45, 7) is 13.3. The topological polar surface area (TPSA) is 35.2 Å². The van der Waals surface area contributed by atoms with E-state index in [9.17, 15) is 0 Å². The van der Waals surface area contributed by atoms with Crippen molar-refractivity contribution in [2.45, 2.75) is 51.7 Å². The summed E-state index contributed by atoms with van der Waals surface area (Å²) in [5.41, 5.74) is 6.30. The minimum atomic E-state index is -1.60. The molecular formula is C8H23NOSi2. The maximum absolute atomic E-state index is 6.13. The first-order valence-electron chi connectivity index (χ1n) is 4.65. The molecule has 0 aliphatic carbocycles. The first-order chi connectivity index (χ1) is 5.19. The SMILES string of the molecule is CCC(N)[Si](C)(C)O[Si](C)(C)C. The van der Waals surface area contributed by atoms with Crippen LogP contribution in [0.2, 0.25) is 32.7 Å². The molecule has 0 heterocycles. The molecular weight excluding hydrogens is 182 g/mol. The number of hydrogen-bond acceptors (Lipinski definition) is 2. The van der Waals surface area contributed by atoms with E-state index in [-0.39, 0.29) is 5.67 Å². The second-order valence-electron chi connectivity index (χ2n) is 4.83. The van der Waals surface area contributed by atoms with E-state index in [1.807, 2.05) is 0 Å². The van der Waals surface area contributed by atoms with Crippen molar-refractivity contribution in [3.8, 4) is 0 Å². The lowest BCUT2D eigenvalue weighted by atomic mass is 10.5. The third-order valence-electron chi connectivity index (χ3n) is 1.90. The fraction of sp³-hybridized carbons (Fsp3) is 1.00. The van der Waals surface area contributed by atoms with Crippen molar-refractivity contribution >= 4 is 16.6 Å². The molecule has 1 atom stereocenters. The highest BCUT2D eigenvalue weighted by Crippen LogP contribution is 2.17. The fourth-order valence-corrected chi connectivity index (χ4v) is 9.26. The average molecular weight is 205 g/mol. The van der Waals surface area contributed by atoms with Crippen molar-refractivity contribution in [1.82, 2.24) is 0 Å². The van der Waals surface area contributed by atoms with Crippen LogP contribution in [0.15, 0.2) is 0 Å². The van der Waals surface area contributed by atoms with Crippen molar-refractivity contribution in [1.29, 1.82) is 0 Å². The van der Waals surface area contributed by atoms with Gasteiger partial charge in [-0.2, -0.15) is 0 Å².